The van der Waals surface area contributed by atoms with E-state index in [1.165, 1.54) is 11.8 Å². The smallest absolute Gasteiger partial charge is 0.158 e. The number of carbonyl (C=O) groups excluding carboxylic acids is 1. The predicted octanol–water partition coefficient (Wildman–Crippen LogP) is 2.20. The maximum Gasteiger partial charge on any atom is 0.158 e. The van der Waals surface area contributed by atoms with Crippen molar-refractivity contribution in [2.24, 2.45) is 0 Å². The van der Waals surface area contributed by atoms with Gasteiger partial charge in [0.2, 0.25) is 0 Å². The van der Waals surface area contributed by atoms with Crippen molar-refractivity contribution in [1.29, 1.82) is 0 Å². The molecular formula is C9H18O2S2. The van der Waals surface area contributed by atoms with Crippen molar-refractivity contribution in [3.05, 3.63) is 0 Å². The molecule has 78 valence electrons. The Hall–Kier alpha value is 0.170. The average Bonchev–Trinajstić information content (AvgIpc) is 2.12. The second-order valence-corrected chi connectivity index (χ2v) is 6.52. The van der Waals surface area contributed by atoms with Gasteiger partial charge in [-0.25, -0.2) is 0 Å². The van der Waals surface area contributed by atoms with E-state index in [4.69, 9.17) is 0 Å². The number of rotatable bonds is 6. The lowest BCUT2D eigenvalue weighted by Gasteiger charge is -2.27. The van der Waals surface area contributed by atoms with Gasteiger partial charge in [0.25, 0.3) is 0 Å². The van der Waals surface area contributed by atoms with E-state index >= 15 is 0 Å². The Balaban J connectivity index is 4.85. The van der Waals surface area contributed by atoms with Crippen molar-refractivity contribution in [1.82, 2.24) is 0 Å². The van der Waals surface area contributed by atoms with E-state index in [0.717, 1.165) is 5.75 Å². The third kappa shape index (κ3) is 2.81. The fraction of sp³-hybridized carbons (Fsp3) is 0.889. The van der Waals surface area contributed by atoms with Gasteiger partial charge in [-0.15, -0.1) is 11.8 Å². The van der Waals surface area contributed by atoms with Crippen LogP contribution in [0.3, 0.4) is 0 Å². The van der Waals surface area contributed by atoms with Crippen LogP contribution in [0.1, 0.15) is 34.1 Å². The monoisotopic (exact) mass is 222 g/mol. The number of ketones is 1. The van der Waals surface area contributed by atoms with E-state index < -0.39 is 14.9 Å². The van der Waals surface area contributed by atoms with Crippen molar-refractivity contribution in [3.8, 4) is 0 Å². The summed E-state index contributed by atoms with van der Waals surface area (Å²) < 4.78 is 11.1. The molecule has 0 fully saturated rings. The maximum atomic E-state index is 11.8. The highest BCUT2D eigenvalue weighted by Crippen LogP contribution is 2.33. The Morgan fingerprint density at radius 3 is 2.15 bits per heavy atom. The molecule has 2 unspecified atom stereocenters. The van der Waals surface area contributed by atoms with E-state index in [9.17, 15) is 9.00 Å². The van der Waals surface area contributed by atoms with Crippen LogP contribution in [0, 0.1) is 0 Å². The Kier molecular flexibility index (Phi) is 5.88. The summed E-state index contributed by atoms with van der Waals surface area (Å²) in [5, 5.41) is 0. The first-order chi connectivity index (χ1) is 6.05. The molecule has 0 aliphatic rings. The van der Waals surface area contributed by atoms with Gasteiger partial charge in [0.15, 0.2) is 5.78 Å². The van der Waals surface area contributed by atoms with Crippen LogP contribution in [0.2, 0.25) is 0 Å². The van der Waals surface area contributed by atoms with Gasteiger partial charge in [-0.1, -0.05) is 20.8 Å². The van der Waals surface area contributed by atoms with E-state index in [-0.39, 0.29) is 5.78 Å². The molecule has 2 nitrogen and oxygen atoms in total. The largest absolute Gasteiger partial charge is 0.297 e. The minimum Gasteiger partial charge on any atom is -0.297 e. The lowest BCUT2D eigenvalue weighted by molar-refractivity contribution is -0.117. The zero-order valence-corrected chi connectivity index (χ0v) is 10.4. The quantitative estimate of drug-likeness (QED) is 0.691. The molecule has 0 amide bonds. The van der Waals surface area contributed by atoms with Crippen LogP contribution in [-0.2, 0) is 15.6 Å². The van der Waals surface area contributed by atoms with Gasteiger partial charge in [0.1, 0.15) is 4.08 Å². The third-order valence-corrected chi connectivity index (χ3v) is 6.09. The minimum absolute atomic E-state index is 0.0435. The van der Waals surface area contributed by atoms with Gasteiger partial charge in [0.05, 0.1) is 0 Å². The van der Waals surface area contributed by atoms with E-state index in [0.29, 0.717) is 12.2 Å². The Morgan fingerprint density at radius 1 is 1.38 bits per heavy atom. The summed E-state index contributed by atoms with van der Waals surface area (Å²) in [4.78, 5) is 11.5. The second-order valence-electron chi connectivity index (χ2n) is 2.73. The number of carbonyl (C=O) groups is 1. The fourth-order valence-corrected chi connectivity index (χ4v) is 4.52. The summed E-state index contributed by atoms with van der Waals surface area (Å²) >= 11 is 1.51. The third-order valence-electron chi connectivity index (χ3n) is 2.01. The van der Waals surface area contributed by atoms with Crippen LogP contribution in [0.5, 0.6) is 0 Å². The van der Waals surface area contributed by atoms with Crippen molar-refractivity contribution >= 4 is 28.3 Å². The summed E-state index contributed by atoms with van der Waals surface area (Å²) in [7, 11) is -1.04. The van der Waals surface area contributed by atoms with Crippen LogP contribution in [0.15, 0.2) is 0 Å². The molecule has 0 rings (SSSR count). The van der Waals surface area contributed by atoms with Gasteiger partial charge in [-0.3, -0.25) is 9.00 Å². The van der Waals surface area contributed by atoms with Crippen LogP contribution in [0.4, 0.5) is 0 Å². The molecule has 0 aliphatic heterocycles. The molecule has 2 atom stereocenters. The van der Waals surface area contributed by atoms with Gasteiger partial charge in [0, 0.05) is 16.6 Å². The lowest BCUT2D eigenvalue weighted by Crippen LogP contribution is -2.38. The average molecular weight is 222 g/mol. The first-order valence-corrected chi connectivity index (χ1v) is 6.89. The summed E-state index contributed by atoms with van der Waals surface area (Å²) in [5.74, 6) is 1.43. The van der Waals surface area contributed by atoms with Crippen molar-refractivity contribution < 1.29 is 9.00 Å². The standard InChI is InChI=1S/C9H18O2S2/c1-5-9(8(4)10,12-6-2)13(11)7-3/h5-7H2,1-4H3. The van der Waals surface area contributed by atoms with E-state index in [1.807, 2.05) is 20.8 Å². The predicted molar refractivity (Wildman–Crippen MR) is 60.5 cm³/mol. The summed E-state index contributed by atoms with van der Waals surface area (Å²) in [6.45, 7) is 7.32. The van der Waals surface area contributed by atoms with Crippen LogP contribution >= 0.6 is 11.8 Å². The Labute approximate surface area is 87.3 Å². The molecule has 0 saturated carbocycles. The zero-order chi connectivity index (χ0) is 10.5. The maximum absolute atomic E-state index is 11.8. The number of hydrogen-bond acceptors (Lipinski definition) is 3. The molecule has 0 aliphatic carbocycles. The summed E-state index contributed by atoms with van der Waals surface area (Å²) in [6, 6.07) is 0. The molecule has 4 heteroatoms. The number of hydrogen-bond donors (Lipinski definition) is 0. The van der Waals surface area contributed by atoms with Crippen molar-refractivity contribution in [3.63, 3.8) is 0 Å². The second kappa shape index (κ2) is 5.81. The molecule has 0 saturated heterocycles. The molecule has 0 aromatic carbocycles. The molecule has 13 heavy (non-hydrogen) atoms. The minimum atomic E-state index is -1.04. The molecule has 0 N–H and O–H groups in total. The molecule has 0 radical (unpaired) electrons. The Morgan fingerprint density at radius 2 is 1.92 bits per heavy atom. The van der Waals surface area contributed by atoms with Crippen molar-refractivity contribution in [2.75, 3.05) is 11.5 Å². The van der Waals surface area contributed by atoms with Crippen LogP contribution < -0.4 is 0 Å². The topological polar surface area (TPSA) is 34.1 Å². The van der Waals surface area contributed by atoms with E-state index in [2.05, 4.69) is 0 Å². The molecule has 0 aromatic rings. The normalized spacial score (nSPS) is 17.8. The first kappa shape index (κ1) is 13.2. The first-order valence-electron chi connectivity index (χ1n) is 4.58. The summed E-state index contributed by atoms with van der Waals surface area (Å²) in [5.41, 5.74) is 0. The number of Topliss-reactive ketones (excluding diaryl/α,β-unsaturated/α-hetero) is 1. The molecule has 0 aromatic heterocycles. The highest BCUT2D eigenvalue weighted by Gasteiger charge is 2.39. The molecule has 0 heterocycles. The molecule has 0 spiro atoms. The molecular weight excluding hydrogens is 204 g/mol. The van der Waals surface area contributed by atoms with Gasteiger partial charge in [-0.2, -0.15) is 0 Å². The SMILES string of the molecule is CCSC(CC)(C(C)=O)S(=O)CC. The van der Waals surface area contributed by atoms with Crippen LogP contribution in [-0.4, -0.2) is 25.6 Å². The van der Waals surface area contributed by atoms with Gasteiger partial charge >= 0.3 is 0 Å². The lowest BCUT2D eigenvalue weighted by atomic mass is 10.2. The highest BCUT2D eigenvalue weighted by atomic mass is 32.2. The summed E-state index contributed by atoms with van der Waals surface area (Å²) in [6.07, 6.45) is 0.654. The van der Waals surface area contributed by atoms with E-state index in [1.54, 1.807) is 6.92 Å². The fourth-order valence-electron chi connectivity index (χ4n) is 1.31. The number of thioether (sulfide) groups is 1. The van der Waals surface area contributed by atoms with Crippen LogP contribution in [0.25, 0.3) is 0 Å². The highest BCUT2D eigenvalue weighted by molar-refractivity contribution is 8.13. The molecule has 0 bridgehead atoms. The Bertz CT molecular complexity index is 204. The zero-order valence-electron chi connectivity index (χ0n) is 8.75. The van der Waals surface area contributed by atoms with Crippen molar-refractivity contribution in [2.45, 2.75) is 38.2 Å². The van der Waals surface area contributed by atoms with Gasteiger partial charge < -0.3 is 0 Å². The van der Waals surface area contributed by atoms with Gasteiger partial charge in [-0.05, 0) is 19.1 Å².